The molecule has 3 spiro atoms. The standard InChI is InChI=1S/C18H18BrN3O2S2.C18H21BrN2O2S2.C18H17N3O4S2.CO2/c1-10-6-7-11(19)8-12(10)13-16(2,20-4)9-18-15(24)21(5)17(3,26(18)25)14(23)22(13)18;1-10-6-7-11(19)8-12(10)13-16(2,3)9-18-15(23)20(5)17(4,25(18)24)14(22)21(13)18;1-16(19-3)8-18-15(23)20(4)17(2,27(18)26)14(22)21(18)13(16)10-5-6-11-12(7-10)25-9-24-11;2-1-3/h6-8,13H,9H2,1-3,5H3;6-8,13H,9H2,1-5H3;5-7,13H,8-9H2,1-2,4H3;/t13?,16-,17?,18?,26?;;13?,16-,17?,18?,27?;/m0.0./s1. The minimum absolute atomic E-state index is 0.00267. The average Bonchev–Trinajstić information content (AvgIpc) is 4.18. The molecule has 13 rings (SSSR count). The summed E-state index contributed by atoms with van der Waals surface area (Å²) in [4.78, 5) is 108. The number of halogens is 2. The van der Waals surface area contributed by atoms with E-state index >= 15 is 0 Å². The minimum Gasteiger partial charge on any atom is -0.454 e. The third kappa shape index (κ3) is 7.08. The normalized spacial score (nSPS) is 38.9. The van der Waals surface area contributed by atoms with E-state index in [1.807, 2.05) is 69.0 Å². The second-order valence-corrected chi connectivity index (χ2v) is 34.4. The van der Waals surface area contributed by atoms with E-state index in [0.717, 1.165) is 36.8 Å². The number of likely N-dealkylation sites (N-methyl/N-ethyl adjacent to an activating group) is 3. The summed E-state index contributed by atoms with van der Waals surface area (Å²) in [5, 5.41) is 0. The van der Waals surface area contributed by atoms with Gasteiger partial charge in [-0.2, -0.15) is 9.59 Å². The topological polar surface area (TPSA) is 183 Å². The van der Waals surface area contributed by atoms with Crippen molar-refractivity contribution in [2.45, 2.75) is 140 Å². The smallest absolute Gasteiger partial charge is 0.373 e. The molecule has 12 unspecified atom stereocenters. The summed E-state index contributed by atoms with van der Waals surface area (Å²) in [7, 11) is 2.42. The number of hydrogen-bond donors (Lipinski definition) is 0. The first-order chi connectivity index (χ1) is 37.7. The van der Waals surface area contributed by atoms with Gasteiger partial charge in [0.2, 0.25) is 6.79 Å². The van der Waals surface area contributed by atoms with Gasteiger partial charge in [-0.3, -0.25) is 28.8 Å². The molecule has 0 saturated carbocycles. The van der Waals surface area contributed by atoms with Crippen LogP contribution in [0.25, 0.3) is 9.69 Å². The van der Waals surface area contributed by atoms with Crippen LogP contribution >= 0.6 is 31.9 Å². The van der Waals surface area contributed by atoms with Crippen LogP contribution in [0.2, 0.25) is 0 Å². The highest BCUT2D eigenvalue weighted by Gasteiger charge is 2.85. The quantitative estimate of drug-likeness (QED) is 0.260. The van der Waals surface area contributed by atoms with E-state index in [4.69, 9.17) is 65.8 Å². The maximum atomic E-state index is 13.5. The molecule has 0 radical (unpaired) electrons. The molecule has 0 N–H and O–H groups in total. The van der Waals surface area contributed by atoms with Crippen LogP contribution in [0.3, 0.4) is 0 Å². The summed E-state index contributed by atoms with van der Waals surface area (Å²) in [6, 6.07) is 16.3. The Labute approximate surface area is 507 Å². The molecule has 426 valence electrons. The Bertz CT molecular complexity index is 3670. The van der Waals surface area contributed by atoms with Gasteiger partial charge in [-0.15, -0.1) is 0 Å². The van der Waals surface area contributed by atoms with Gasteiger partial charge in [0.25, 0.3) is 46.5 Å². The zero-order chi connectivity index (χ0) is 59.8. The minimum atomic E-state index is -1.11. The van der Waals surface area contributed by atoms with Gasteiger partial charge in [-0.1, -0.05) is 73.4 Å². The highest BCUT2D eigenvalue weighted by molar-refractivity contribution is 9.10. The first kappa shape index (κ1) is 59.3. The fraction of sp³-hybridized carbons (Fsp3) is 0.509. The third-order valence-corrected chi connectivity index (χ3v) is 32.0. The summed E-state index contributed by atoms with van der Waals surface area (Å²) < 4.78 is 12.7. The number of fused-ring (bicyclic) bond motifs is 4. The Morgan fingerprint density at radius 3 is 1.32 bits per heavy atom. The van der Waals surface area contributed by atoms with Gasteiger partial charge in [0, 0.05) is 43.9 Å². The van der Waals surface area contributed by atoms with Crippen molar-refractivity contribution in [3.05, 3.63) is 114 Å². The molecular weight excluding hydrogens is 1280 g/mol. The van der Waals surface area contributed by atoms with E-state index in [1.165, 1.54) is 9.80 Å². The number of rotatable bonds is 3. The number of nitrogens with zero attached hydrogens (tertiary/aromatic N) is 8. The largest absolute Gasteiger partial charge is 0.454 e. The maximum Gasteiger partial charge on any atom is 0.373 e. The molecule has 0 aromatic heterocycles. The predicted molar refractivity (Wildman–Crippen MR) is 318 cm³/mol. The van der Waals surface area contributed by atoms with Crippen LogP contribution in [-0.2, 0) is 100 Å². The van der Waals surface area contributed by atoms with E-state index in [-0.39, 0.29) is 72.7 Å². The highest BCUT2D eigenvalue weighted by Crippen LogP contribution is 2.67. The van der Waals surface area contributed by atoms with Crippen LogP contribution < -0.4 is 9.47 Å². The van der Waals surface area contributed by atoms with Crippen molar-refractivity contribution >= 4 is 135 Å². The van der Waals surface area contributed by atoms with Crippen LogP contribution in [0.5, 0.6) is 11.5 Å². The van der Waals surface area contributed by atoms with E-state index < -0.39 is 80.8 Å². The molecule has 18 nitrogen and oxygen atoms in total. The van der Waals surface area contributed by atoms with Gasteiger partial charge >= 0.3 is 6.15 Å². The van der Waals surface area contributed by atoms with Gasteiger partial charge in [-0.25, -0.2) is 13.1 Å². The molecule has 10 heterocycles. The van der Waals surface area contributed by atoms with Gasteiger partial charge in [0.1, 0.15) is 12.1 Å². The molecule has 10 aliphatic heterocycles. The molecule has 3 aromatic rings. The fourth-order valence-corrected chi connectivity index (χ4v) is 25.8. The summed E-state index contributed by atoms with van der Waals surface area (Å²) in [5.74, 6) is 0.663. The van der Waals surface area contributed by atoms with Crippen molar-refractivity contribution in [3.63, 3.8) is 0 Å². The Kier molecular flexibility index (Phi) is 13.8. The molecule has 9 fully saturated rings. The summed E-state index contributed by atoms with van der Waals surface area (Å²) >= 11 is 24.5. The number of aryl methyl sites for hydroxylation is 2. The van der Waals surface area contributed by atoms with Crippen molar-refractivity contribution in [2.24, 2.45) is 5.41 Å². The summed E-state index contributed by atoms with van der Waals surface area (Å²) in [6.07, 6.45) is 1.41. The maximum absolute atomic E-state index is 13.5. The number of hydrogen-bond acceptors (Lipinski definition) is 13. The summed E-state index contributed by atoms with van der Waals surface area (Å²) in [6.45, 7) is 33.2. The van der Waals surface area contributed by atoms with Crippen LogP contribution in [0.1, 0.15) is 114 Å². The molecule has 14 atom stereocenters. The lowest BCUT2D eigenvalue weighted by molar-refractivity contribution is -0.191. The van der Waals surface area contributed by atoms with Crippen LogP contribution in [-0.4, -0.2) is 139 Å². The molecular formula is C55H56Br2N8O10S6. The molecule has 3 aromatic carbocycles. The van der Waals surface area contributed by atoms with Crippen molar-refractivity contribution < 1.29 is 47.8 Å². The highest BCUT2D eigenvalue weighted by atomic mass is 79.9. The van der Waals surface area contributed by atoms with Crippen LogP contribution in [0.4, 0.5) is 0 Å². The van der Waals surface area contributed by atoms with Gasteiger partial charge in [0.05, 0.1) is 18.9 Å². The second-order valence-electron chi connectivity index (χ2n) is 23.6. The molecule has 9 saturated heterocycles. The fourth-order valence-electron chi connectivity index (χ4n) is 14.5. The molecule has 0 aliphatic carbocycles. The zero-order valence-corrected chi connectivity index (χ0v) is 54.2. The average molecular weight is 1340 g/mol. The summed E-state index contributed by atoms with van der Waals surface area (Å²) in [5.41, 5.74) is 2.82. The van der Waals surface area contributed by atoms with Gasteiger partial charge < -0.3 is 48.6 Å². The van der Waals surface area contributed by atoms with E-state index in [0.29, 0.717) is 17.9 Å². The zero-order valence-electron chi connectivity index (χ0n) is 46.1. The number of piperazine rings is 3. The lowest BCUT2D eigenvalue weighted by Gasteiger charge is -2.40. The number of carbonyl (C=O) groups is 6. The predicted octanol–water partition coefficient (Wildman–Crippen LogP) is 6.48. The Balaban J connectivity index is 0.000000133. The Hall–Kier alpha value is -4.89. The van der Waals surface area contributed by atoms with Crippen LogP contribution in [0, 0.1) is 32.4 Å². The molecule has 81 heavy (non-hydrogen) atoms. The molecule has 6 bridgehead atoms. The number of benzene rings is 3. The van der Waals surface area contributed by atoms with Crippen molar-refractivity contribution in [1.82, 2.24) is 29.4 Å². The lowest BCUT2D eigenvalue weighted by Crippen LogP contribution is -2.61. The first-order valence-electron chi connectivity index (χ1n) is 25.5. The molecule has 10 aliphatic rings. The second kappa shape index (κ2) is 18.8. The molecule has 6 amide bonds. The van der Waals surface area contributed by atoms with E-state index in [2.05, 4.69) is 74.5 Å². The number of amides is 6. The van der Waals surface area contributed by atoms with Crippen molar-refractivity contribution in [1.29, 1.82) is 0 Å². The van der Waals surface area contributed by atoms with Gasteiger partial charge in [0.15, 0.2) is 40.7 Å². The number of carbonyl (C=O) groups excluding carboxylic acids is 8. The third-order valence-electron chi connectivity index (χ3n) is 18.7. The van der Waals surface area contributed by atoms with Crippen molar-refractivity contribution in [3.8, 4) is 11.5 Å². The number of ether oxygens (including phenoxy) is 2. The monoisotopic (exact) mass is 1340 g/mol. The lowest BCUT2D eigenvalue weighted by atomic mass is 9.79. The first-order valence-corrected chi connectivity index (χ1v) is 33.5. The Morgan fingerprint density at radius 1 is 0.543 bits per heavy atom. The van der Waals surface area contributed by atoms with E-state index in [9.17, 15) is 28.8 Å². The van der Waals surface area contributed by atoms with E-state index in [1.54, 1.807) is 55.8 Å². The Morgan fingerprint density at radius 2 is 0.901 bits per heavy atom. The van der Waals surface area contributed by atoms with Crippen LogP contribution in [0.15, 0.2) is 63.5 Å². The van der Waals surface area contributed by atoms with Gasteiger partial charge in [-0.05, 0) is 163 Å². The molecule has 26 heteroatoms. The SMILES string of the molecule is Cc1ccc(Br)cc1C1N2C(=O)C3(C)N(C)C(=O)C2(CC1(C)C)S3=S.O=C=O.[C-]#[N+][C@@]1(C)CC23C(=O)N(C)C(C)(C(=O)N2C1c1cc(Br)ccc1C)S3=S.[C-]#[N+][C@@]1(C)CC23C(=O)N(C)C(C)(C(=O)N2C1c1ccc2c(c1)OCO2)S3=S. The van der Waals surface area contributed by atoms with Crippen molar-refractivity contribution in [2.75, 3.05) is 27.9 Å².